The van der Waals surface area contributed by atoms with Crippen LogP contribution in [0, 0.1) is 17.0 Å². The highest BCUT2D eigenvalue weighted by atomic mass is 35.5. The number of halogens is 3. The lowest BCUT2D eigenvalue weighted by molar-refractivity contribution is -0.135. The number of likely N-dealkylation sites (tertiary alicyclic amines) is 1. The van der Waals surface area contributed by atoms with Crippen LogP contribution in [0.1, 0.15) is 16.1 Å². The van der Waals surface area contributed by atoms with Crippen molar-refractivity contribution >= 4 is 23.4 Å². The number of benzene rings is 1. The average molecular weight is 366 g/mol. The molecule has 3 rings (SSSR count). The molecule has 1 fully saturated rings. The van der Waals surface area contributed by atoms with E-state index in [4.69, 9.17) is 17.3 Å². The molecule has 0 saturated carbocycles. The van der Waals surface area contributed by atoms with Gasteiger partial charge >= 0.3 is 0 Å². The van der Waals surface area contributed by atoms with Crippen molar-refractivity contribution < 1.29 is 18.4 Å². The Hall–Kier alpha value is -2.54. The van der Waals surface area contributed by atoms with Crippen molar-refractivity contribution in [3.63, 3.8) is 0 Å². The first-order valence-corrected chi connectivity index (χ1v) is 7.83. The zero-order chi connectivity index (χ0) is 18.2. The van der Waals surface area contributed by atoms with Crippen LogP contribution >= 0.6 is 11.6 Å². The molecule has 25 heavy (non-hydrogen) atoms. The SMILES string of the molecule is NC(=O)C1(Cc2ccc(Cl)cc2)CN(C(=O)c2ncc(F)cc2F)C1. The average Bonchev–Trinajstić information content (AvgIpc) is 2.51. The number of nitrogens with zero attached hydrogens (tertiary/aromatic N) is 2. The molecular weight excluding hydrogens is 352 g/mol. The van der Waals surface area contributed by atoms with Crippen LogP contribution in [0.5, 0.6) is 0 Å². The third-order valence-corrected chi connectivity index (χ3v) is 4.52. The summed E-state index contributed by atoms with van der Waals surface area (Å²) in [6.45, 7) is 0.0879. The van der Waals surface area contributed by atoms with Gasteiger partial charge in [0.1, 0.15) is 5.82 Å². The van der Waals surface area contributed by atoms with E-state index in [1.54, 1.807) is 24.3 Å². The number of aromatic nitrogens is 1. The van der Waals surface area contributed by atoms with Gasteiger partial charge in [0, 0.05) is 24.2 Å². The molecule has 1 aliphatic rings. The highest BCUT2D eigenvalue weighted by molar-refractivity contribution is 6.30. The van der Waals surface area contributed by atoms with Gasteiger partial charge in [-0.05, 0) is 24.1 Å². The van der Waals surface area contributed by atoms with Crippen molar-refractivity contribution in [2.24, 2.45) is 11.1 Å². The molecule has 2 aromatic rings. The number of hydrogen-bond donors (Lipinski definition) is 1. The summed E-state index contributed by atoms with van der Waals surface area (Å²) in [7, 11) is 0. The Kier molecular flexibility index (Phi) is 4.43. The number of pyridine rings is 1. The van der Waals surface area contributed by atoms with Gasteiger partial charge in [-0.3, -0.25) is 9.59 Å². The number of hydrogen-bond acceptors (Lipinski definition) is 3. The fourth-order valence-corrected chi connectivity index (χ4v) is 3.02. The molecule has 0 spiro atoms. The van der Waals surface area contributed by atoms with Gasteiger partial charge in [0.2, 0.25) is 5.91 Å². The Balaban J connectivity index is 1.75. The van der Waals surface area contributed by atoms with Crippen LogP contribution in [-0.2, 0) is 11.2 Å². The standard InChI is InChI=1S/C17H14ClF2N3O2/c18-11-3-1-10(2-4-11)6-17(16(21)25)8-23(9-17)15(24)14-13(20)5-12(19)7-22-14/h1-5,7H,6,8-9H2,(H2,21,25). The summed E-state index contributed by atoms with van der Waals surface area (Å²) in [5.74, 6) is -3.16. The number of nitrogens with two attached hydrogens (primary N) is 1. The minimum atomic E-state index is -1.04. The Morgan fingerprint density at radius 1 is 1.24 bits per heavy atom. The molecule has 8 heteroatoms. The fourth-order valence-electron chi connectivity index (χ4n) is 2.90. The van der Waals surface area contributed by atoms with Crippen LogP contribution in [0.15, 0.2) is 36.5 Å². The van der Waals surface area contributed by atoms with E-state index in [0.717, 1.165) is 11.8 Å². The van der Waals surface area contributed by atoms with Crippen molar-refractivity contribution in [2.75, 3.05) is 13.1 Å². The third-order valence-electron chi connectivity index (χ3n) is 4.26. The maximum atomic E-state index is 13.7. The molecular formula is C17H14ClF2N3O2. The molecule has 2 N–H and O–H groups in total. The van der Waals surface area contributed by atoms with Crippen LogP contribution in [-0.4, -0.2) is 34.8 Å². The van der Waals surface area contributed by atoms with Crippen molar-refractivity contribution in [1.29, 1.82) is 0 Å². The molecule has 2 amide bonds. The van der Waals surface area contributed by atoms with Gasteiger partial charge < -0.3 is 10.6 Å². The predicted octanol–water partition coefficient (Wildman–Crippen LogP) is 2.18. The second-order valence-electron chi connectivity index (χ2n) is 6.09. The Labute approximate surface area is 147 Å². The first-order chi connectivity index (χ1) is 11.8. The number of carbonyl (C=O) groups excluding carboxylic acids is 2. The zero-order valence-electron chi connectivity index (χ0n) is 13.0. The lowest BCUT2D eigenvalue weighted by atomic mass is 9.74. The number of amides is 2. The van der Waals surface area contributed by atoms with Gasteiger partial charge in [0.05, 0.1) is 11.6 Å². The summed E-state index contributed by atoms with van der Waals surface area (Å²) in [5, 5.41) is 0.570. The Morgan fingerprint density at radius 3 is 2.44 bits per heavy atom. The lowest BCUT2D eigenvalue weighted by Gasteiger charge is -2.48. The molecule has 5 nitrogen and oxygen atoms in total. The summed E-state index contributed by atoms with van der Waals surface area (Å²) < 4.78 is 26.6. The minimum Gasteiger partial charge on any atom is -0.369 e. The smallest absolute Gasteiger partial charge is 0.275 e. The van der Waals surface area contributed by atoms with Crippen molar-refractivity contribution in [1.82, 2.24) is 9.88 Å². The van der Waals surface area contributed by atoms with Crippen LogP contribution in [0.4, 0.5) is 8.78 Å². The molecule has 1 aliphatic heterocycles. The van der Waals surface area contributed by atoms with Gasteiger partial charge in [-0.2, -0.15) is 0 Å². The number of rotatable bonds is 4. The largest absolute Gasteiger partial charge is 0.369 e. The quantitative estimate of drug-likeness (QED) is 0.902. The van der Waals surface area contributed by atoms with Crippen molar-refractivity contribution in [3.8, 4) is 0 Å². The highest BCUT2D eigenvalue weighted by Gasteiger charge is 2.50. The molecule has 0 radical (unpaired) electrons. The molecule has 1 aromatic carbocycles. The first-order valence-electron chi connectivity index (χ1n) is 7.45. The summed E-state index contributed by atoms with van der Waals surface area (Å²) in [6.07, 6.45) is 1.10. The highest BCUT2D eigenvalue weighted by Crippen LogP contribution is 2.35. The summed E-state index contributed by atoms with van der Waals surface area (Å²) in [6, 6.07) is 7.54. The topological polar surface area (TPSA) is 76.3 Å². The van der Waals surface area contributed by atoms with Gasteiger partial charge in [0.15, 0.2) is 11.5 Å². The maximum absolute atomic E-state index is 13.7. The number of primary amides is 1. The Bertz CT molecular complexity index is 836. The molecule has 130 valence electrons. The van der Waals surface area contributed by atoms with Gasteiger partial charge in [-0.25, -0.2) is 13.8 Å². The normalized spacial score (nSPS) is 15.6. The first kappa shape index (κ1) is 17.3. The van der Waals surface area contributed by atoms with E-state index in [0.29, 0.717) is 17.5 Å². The van der Waals surface area contributed by atoms with Gasteiger partial charge in [-0.1, -0.05) is 23.7 Å². The van der Waals surface area contributed by atoms with Crippen LogP contribution in [0.3, 0.4) is 0 Å². The van der Waals surface area contributed by atoms with E-state index in [1.165, 1.54) is 4.90 Å². The monoisotopic (exact) mass is 365 g/mol. The van der Waals surface area contributed by atoms with Crippen LogP contribution in [0.2, 0.25) is 5.02 Å². The molecule has 0 aliphatic carbocycles. The molecule has 0 bridgehead atoms. The second-order valence-corrected chi connectivity index (χ2v) is 6.53. The van der Waals surface area contributed by atoms with Crippen LogP contribution in [0.25, 0.3) is 0 Å². The number of carbonyl (C=O) groups is 2. The van der Waals surface area contributed by atoms with E-state index in [1.807, 2.05) is 0 Å². The maximum Gasteiger partial charge on any atom is 0.275 e. The van der Waals surface area contributed by atoms with E-state index < -0.39 is 34.6 Å². The molecule has 0 unspecified atom stereocenters. The van der Waals surface area contributed by atoms with E-state index in [-0.39, 0.29) is 13.1 Å². The third kappa shape index (κ3) is 3.32. The molecule has 0 atom stereocenters. The zero-order valence-corrected chi connectivity index (χ0v) is 13.8. The van der Waals surface area contributed by atoms with E-state index >= 15 is 0 Å². The van der Waals surface area contributed by atoms with Gasteiger partial charge in [0.25, 0.3) is 5.91 Å². The minimum absolute atomic E-state index is 0.0439. The summed E-state index contributed by atoms with van der Waals surface area (Å²) in [5.41, 5.74) is 4.96. The lowest BCUT2D eigenvalue weighted by Crippen LogP contribution is -2.65. The van der Waals surface area contributed by atoms with Crippen molar-refractivity contribution in [3.05, 3.63) is 64.4 Å². The molecule has 1 aromatic heterocycles. The summed E-state index contributed by atoms with van der Waals surface area (Å²) >= 11 is 5.84. The second kappa shape index (κ2) is 6.40. The molecule has 2 heterocycles. The fraction of sp³-hybridized carbons (Fsp3) is 0.235. The van der Waals surface area contributed by atoms with E-state index in [2.05, 4.69) is 4.98 Å². The Morgan fingerprint density at radius 2 is 1.88 bits per heavy atom. The van der Waals surface area contributed by atoms with E-state index in [9.17, 15) is 18.4 Å². The van der Waals surface area contributed by atoms with Crippen LogP contribution < -0.4 is 5.73 Å². The molecule has 1 saturated heterocycles. The summed E-state index contributed by atoms with van der Waals surface area (Å²) in [4.78, 5) is 29.0. The van der Waals surface area contributed by atoms with Gasteiger partial charge in [-0.15, -0.1) is 0 Å². The van der Waals surface area contributed by atoms with Crippen molar-refractivity contribution in [2.45, 2.75) is 6.42 Å². The predicted molar refractivity (Wildman–Crippen MR) is 86.8 cm³/mol.